The summed E-state index contributed by atoms with van der Waals surface area (Å²) in [4.78, 5) is 40.5. The van der Waals surface area contributed by atoms with Crippen molar-refractivity contribution < 1.29 is 33.3 Å². The number of ether oxygens (including phenoxy) is 4. The molecule has 3 aliphatic rings. The summed E-state index contributed by atoms with van der Waals surface area (Å²) in [5.41, 5.74) is 0.298. The number of fused-ring (bicyclic) bond motifs is 2. The minimum atomic E-state index is -1.74. The van der Waals surface area contributed by atoms with Gasteiger partial charge in [0.25, 0.3) is 5.91 Å². The van der Waals surface area contributed by atoms with Crippen LogP contribution in [0.2, 0.25) is 5.02 Å². The van der Waals surface area contributed by atoms with E-state index >= 15 is 0 Å². The van der Waals surface area contributed by atoms with Crippen molar-refractivity contribution in [3.8, 4) is 23.0 Å². The summed E-state index contributed by atoms with van der Waals surface area (Å²) in [6.07, 6.45) is 1.73. The Bertz CT molecular complexity index is 1320. The molecule has 9 nitrogen and oxygen atoms in total. The lowest BCUT2D eigenvalue weighted by Gasteiger charge is -2.35. The minimum absolute atomic E-state index is 0.00732. The molecule has 2 aliphatic heterocycles. The highest BCUT2D eigenvalue weighted by Gasteiger charge is 2.60. The second-order valence-electron chi connectivity index (χ2n) is 8.65. The quantitative estimate of drug-likeness (QED) is 0.637. The van der Waals surface area contributed by atoms with Crippen LogP contribution in [0.15, 0.2) is 36.0 Å². The zero-order valence-electron chi connectivity index (χ0n) is 19.6. The lowest BCUT2D eigenvalue weighted by Crippen LogP contribution is -2.55. The Hall–Kier alpha value is -3.72. The summed E-state index contributed by atoms with van der Waals surface area (Å²) in [7, 11) is 4.54. The van der Waals surface area contributed by atoms with Crippen LogP contribution in [-0.4, -0.2) is 50.9 Å². The van der Waals surface area contributed by atoms with Crippen molar-refractivity contribution in [3.05, 3.63) is 46.6 Å². The topological polar surface area (TPSA) is 103 Å². The summed E-state index contributed by atoms with van der Waals surface area (Å²) in [6, 6.07) is 6.84. The molecule has 0 saturated carbocycles. The van der Waals surface area contributed by atoms with E-state index in [1.54, 1.807) is 32.2 Å². The number of halogens is 1. The molecule has 2 unspecified atom stereocenters. The Morgan fingerprint density at radius 2 is 1.89 bits per heavy atom. The standard InChI is InChI=1S/C25H23ClN2O7/c1-12-7-14(27-13-5-6-16-15(8-13)28(2)20(30)11-34-16)9-19(29)25(12)24(31)21-17(32-3)10-18(33-4)22(26)23(21)35-25/h5-6,8-10,12,27H,7,11H2,1-4H3. The molecule has 2 aromatic rings. The first-order chi connectivity index (χ1) is 16.7. The SMILES string of the molecule is COc1cc(OC)c2c(c1Cl)OC1(C(=O)C=C(Nc3ccc4c(c3)N(C)C(=O)CO4)CC1C)C2=O. The van der Waals surface area contributed by atoms with Gasteiger partial charge in [0.15, 0.2) is 12.4 Å². The zero-order valence-corrected chi connectivity index (χ0v) is 20.3. The predicted molar refractivity (Wildman–Crippen MR) is 128 cm³/mol. The van der Waals surface area contributed by atoms with Gasteiger partial charge >= 0.3 is 0 Å². The summed E-state index contributed by atoms with van der Waals surface area (Å²) in [5.74, 6) is -0.466. The number of hydrogen-bond acceptors (Lipinski definition) is 8. The van der Waals surface area contributed by atoms with Crippen LogP contribution in [0.3, 0.4) is 0 Å². The molecule has 10 heteroatoms. The van der Waals surface area contributed by atoms with Gasteiger partial charge in [0, 0.05) is 36.5 Å². The lowest BCUT2D eigenvalue weighted by atomic mass is 9.74. The van der Waals surface area contributed by atoms with Crippen LogP contribution in [0.1, 0.15) is 23.7 Å². The monoisotopic (exact) mass is 498 g/mol. The van der Waals surface area contributed by atoms with Crippen LogP contribution in [0.5, 0.6) is 23.0 Å². The van der Waals surface area contributed by atoms with Crippen LogP contribution in [0.4, 0.5) is 11.4 Å². The molecule has 0 bridgehead atoms. The molecule has 2 aromatic carbocycles. The number of hydrogen-bond donors (Lipinski definition) is 1. The fourth-order valence-corrected chi connectivity index (χ4v) is 5.02. The second-order valence-corrected chi connectivity index (χ2v) is 9.03. The third-order valence-electron chi connectivity index (χ3n) is 6.66. The number of anilines is 2. The van der Waals surface area contributed by atoms with Gasteiger partial charge in [-0.3, -0.25) is 14.4 Å². The van der Waals surface area contributed by atoms with E-state index in [2.05, 4.69) is 5.32 Å². The third kappa shape index (κ3) is 3.33. The van der Waals surface area contributed by atoms with E-state index in [0.29, 0.717) is 29.2 Å². The third-order valence-corrected chi connectivity index (χ3v) is 7.02. The van der Waals surface area contributed by atoms with E-state index in [-0.39, 0.29) is 40.3 Å². The number of allylic oxidation sites excluding steroid dienone is 1. The average Bonchev–Trinajstić information content (AvgIpc) is 3.16. The second kappa shape index (κ2) is 8.20. The minimum Gasteiger partial charge on any atom is -0.496 e. The van der Waals surface area contributed by atoms with E-state index in [0.717, 1.165) is 0 Å². The first-order valence-corrected chi connectivity index (χ1v) is 11.3. The van der Waals surface area contributed by atoms with Gasteiger partial charge in [-0.25, -0.2) is 0 Å². The van der Waals surface area contributed by atoms with Crippen LogP contribution < -0.4 is 29.2 Å². The smallest absolute Gasteiger partial charge is 0.264 e. The Balaban J connectivity index is 1.47. The molecule has 0 radical (unpaired) electrons. The van der Waals surface area contributed by atoms with Gasteiger partial charge < -0.3 is 29.2 Å². The number of likely N-dealkylation sites (N-methyl/N-ethyl adjacent to an activating group) is 1. The molecule has 2 atom stereocenters. The van der Waals surface area contributed by atoms with Crippen molar-refractivity contribution in [1.29, 1.82) is 0 Å². The Kier molecular flexibility index (Phi) is 5.40. The lowest BCUT2D eigenvalue weighted by molar-refractivity contribution is -0.129. The molecule has 0 fully saturated rings. The molecule has 0 saturated heterocycles. The fourth-order valence-electron chi connectivity index (χ4n) is 4.75. The largest absolute Gasteiger partial charge is 0.496 e. The van der Waals surface area contributed by atoms with Gasteiger partial charge in [0.2, 0.25) is 17.2 Å². The van der Waals surface area contributed by atoms with Gasteiger partial charge in [0.1, 0.15) is 27.8 Å². The van der Waals surface area contributed by atoms with Crippen molar-refractivity contribution in [1.82, 2.24) is 0 Å². The van der Waals surface area contributed by atoms with Crippen LogP contribution in [0, 0.1) is 5.92 Å². The highest BCUT2D eigenvalue weighted by atomic mass is 35.5. The maximum Gasteiger partial charge on any atom is 0.264 e. The molecular weight excluding hydrogens is 476 g/mol. The molecule has 182 valence electrons. The number of benzene rings is 2. The van der Waals surface area contributed by atoms with Gasteiger partial charge in [-0.1, -0.05) is 18.5 Å². The Morgan fingerprint density at radius 3 is 2.57 bits per heavy atom. The zero-order chi connectivity index (χ0) is 25.1. The molecule has 35 heavy (non-hydrogen) atoms. The Morgan fingerprint density at radius 1 is 1.14 bits per heavy atom. The van der Waals surface area contributed by atoms with Crippen LogP contribution in [-0.2, 0) is 9.59 Å². The molecule has 1 spiro atoms. The number of nitrogens with one attached hydrogen (secondary N) is 1. The van der Waals surface area contributed by atoms with Crippen LogP contribution >= 0.6 is 11.6 Å². The molecule has 1 N–H and O–H groups in total. The number of rotatable bonds is 4. The fraction of sp³-hybridized carbons (Fsp3) is 0.320. The summed E-state index contributed by atoms with van der Waals surface area (Å²) in [5, 5.41) is 3.34. The molecular formula is C25H23ClN2O7. The molecule has 0 aromatic heterocycles. The van der Waals surface area contributed by atoms with E-state index in [9.17, 15) is 14.4 Å². The van der Waals surface area contributed by atoms with Gasteiger partial charge in [0.05, 0.1) is 19.9 Å². The number of amides is 1. The number of ketones is 2. The van der Waals surface area contributed by atoms with Gasteiger partial charge in [-0.15, -0.1) is 0 Å². The van der Waals surface area contributed by atoms with Crippen molar-refractivity contribution in [3.63, 3.8) is 0 Å². The predicted octanol–water partition coefficient (Wildman–Crippen LogP) is 3.63. The van der Waals surface area contributed by atoms with E-state index in [1.165, 1.54) is 31.3 Å². The number of carbonyl (C=O) groups excluding carboxylic acids is 3. The number of Topliss-reactive ketones (excluding diaryl/α,β-unsaturated/α-hetero) is 1. The normalized spacial score (nSPS) is 22.8. The van der Waals surface area contributed by atoms with Crippen molar-refractivity contribution in [2.75, 3.05) is 38.1 Å². The molecule has 2 heterocycles. The summed E-state index contributed by atoms with van der Waals surface area (Å²) < 4.78 is 22.2. The summed E-state index contributed by atoms with van der Waals surface area (Å²) in [6.45, 7) is 1.77. The number of carbonyl (C=O) groups is 3. The van der Waals surface area contributed by atoms with Crippen molar-refractivity contribution in [2.45, 2.75) is 18.9 Å². The Labute approximate surface area is 206 Å². The van der Waals surface area contributed by atoms with Gasteiger partial charge in [-0.05, 0) is 24.6 Å². The van der Waals surface area contributed by atoms with E-state index in [1.807, 2.05) is 0 Å². The number of nitrogens with zero attached hydrogens (tertiary/aromatic N) is 1. The first-order valence-electron chi connectivity index (χ1n) is 10.9. The van der Waals surface area contributed by atoms with Gasteiger partial charge in [-0.2, -0.15) is 0 Å². The maximum absolute atomic E-state index is 13.6. The highest BCUT2D eigenvalue weighted by molar-refractivity contribution is 6.36. The van der Waals surface area contributed by atoms with Crippen molar-refractivity contribution in [2.24, 2.45) is 5.92 Å². The van der Waals surface area contributed by atoms with Crippen LogP contribution in [0.25, 0.3) is 0 Å². The number of methoxy groups -OCH3 is 2. The molecule has 1 amide bonds. The first kappa shape index (κ1) is 23.0. The van der Waals surface area contributed by atoms with E-state index < -0.39 is 23.1 Å². The molecule has 1 aliphatic carbocycles. The summed E-state index contributed by atoms with van der Waals surface area (Å²) >= 11 is 6.43. The van der Waals surface area contributed by atoms with Crippen molar-refractivity contribution >= 4 is 40.4 Å². The average molecular weight is 499 g/mol. The van der Waals surface area contributed by atoms with E-state index in [4.69, 9.17) is 30.5 Å². The molecule has 5 rings (SSSR count). The maximum atomic E-state index is 13.6. The highest BCUT2D eigenvalue weighted by Crippen LogP contribution is 2.53.